The molecule has 1 N–H and O–H groups in total. The lowest BCUT2D eigenvalue weighted by molar-refractivity contribution is 0.102. The van der Waals surface area contributed by atoms with Gasteiger partial charge in [0.05, 0.1) is 27.0 Å². The van der Waals surface area contributed by atoms with E-state index in [9.17, 15) is 4.79 Å². The molecule has 0 saturated carbocycles. The summed E-state index contributed by atoms with van der Waals surface area (Å²) < 4.78 is 15.9. The quantitative estimate of drug-likeness (QED) is 0.800. The van der Waals surface area contributed by atoms with Gasteiger partial charge in [-0.15, -0.1) is 11.3 Å². The summed E-state index contributed by atoms with van der Waals surface area (Å²) in [6.07, 6.45) is 2.49. The second kappa shape index (κ2) is 8.37. The third-order valence-corrected chi connectivity index (χ3v) is 5.09. The molecule has 8 heteroatoms. The van der Waals surface area contributed by atoms with E-state index in [4.69, 9.17) is 14.2 Å². The van der Waals surface area contributed by atoms with E-state index >= 15 is 0 Å². The van der Waals surface area contributed by atoms with Gasteiger partial charge in [-0.1, -0.05) is 0 Å². The molecule has 1 aromatic carbocycles. The van der Waals surface area contributed by atoms with E-state index in [0.29, 0.717) is 27.9 Å². The number of ether oxygens (including phenoxy) is 3. The summed E-state index contributed by atoms with van der Waals surface area (Å²) in [7, 11) is 4.56. The van der Waals surface area contributed by atoms with E-state index in [1.807, 2.05) is 5.38 Å². The average molecular weight is 377 g/mol. The summed E-state index contributed by atoms with van der Waals surface area (Å²) in [6.45, 7) is 3.06. The molecule has 2 heterocycles. The minimum absolute atomic E-state index is 0.272. The third-order valence-electron chi connectivity index (χ3n) is 4.28. The van der Waals surface area contributed by atoms with Crippen LogP contribution in [0.3, 0.4) is 0 Å². The van der Waals surface area contributed by atoms with Crippen molar-refractivity contribution in [2.75, 3.05) is 39.7 Å². The molecule has 7 nitrogen and oxygen atoms in total. The summed E-state index contributed by atoms with van der Waals surface area (Å²) in [4.78, 5) is 19.5. The van der Waals surface area contributed by atoms with Crippen LogP contribution in [0.25, 0.3) is 0 Å². The van der Waals surface area contributed by atoms with Crippen LogP contribution in [0.15, 0.2) is 17.5 Å². The summed E-state index contributed by atoms with van der Waals surface area (Å²) >= 11 is 1.43. The van der Waals surface area contributed by atoms with Crippen LogP contribution < -0.4 is 19.5 Å². The Bertz CT molecular complexity index is 747. The maximum absolute atomic E-state index is 12.6. The Morgan fingerprint density at radius 1 is 1.15 bits per heavy atom. The van der Waals surface area contributed by atoms with E-state index in [2.05, 4.69) is 15.2 Å². The summed E-state index contributed by atoms with van der Waals surface area (Å²) in [6, 6.07) is 3.24. The van der Waals surface area contributed by atoms with Gasteiger partial charge in [0.1, 0.15) is 0 Å². The Kier molecular flexibility index (Phi) is 5.95. The summed E-state index contributed by atoms with van der Waals surface area (Å²) in [5.74, 6) is 1.05. The minimum atomic E-state index is -0.272. The Morgan fingerprint density at radius 3 is 2.38 bits per heavy atom. The first-order valence-corrected chi connectivity index (χ1v) is 9.30. The van der Waals surface area contributed by atoms with Crippen molar-refractivity contribution in [1.82, 2.24) is 9.88 Å². The first-order chi connectivity index (χ1) is 12.6. The molecule has 1 aliphatic heterocycles. The van der Waals surface area contributed by atoms with Crippen molar-refractivity contribution in [2.24, 2.45) is 0 Å². The molecule has 0 aliphatic carbocycles. The topological polar surface area (TPSA) is 72.9 Å². The van der Waals surface area contributed by atoms with Gasteiger partial charge in [-0.3, -0.25) is 15.0 Å². The maximum Gasteiger partial charge on any atom is 0.257 e. The van der Waals surface area contributed by atoms with Crippen LogP contribution in [0.4, 0.5) is 5.13 Å². The van der Waals surface area contributed by atoms with Crippen molar-refractivity contribution in [3.8, 4) is 17.2 Å². The molecule has 0 atom stereocenters. The van der Waals surface area contributed by atoms with Crippen LogP contribution in [0.2, 0.25) is 0 Å². The molecule has 2 aromatic rings. The molecule has 1 fully saturated rings. The number of aromatic nitrogens is 1. The van der Waals surface area contributed by atoms with Gasteiger partial charge < -0.3 is 14.2 Å². The lowest BCUT2D eigenvalue weighted by atomic mass is 10.1. The molecule has 26 heavy (non-hydrogen) atoms. The van der Waals surface area contributed by atoms with E-state index in [1.54, 1.807) is 12.1 Å². The lowest BCUT2D eigenvalue weighted by Crippen LogP contribution is -2.18. The number of anilines is 1. The number of nitrogens with zero attached hydrogens (tertiary/aromatic N) is 2. The summed E-state index contributed by atoms with van der Waals surface area (Å²) in [5.41, 5.74) is 1.40. The van der Waals surface area contributed by atoms with Crippen LogP contribution in [0.5, 0.6) is 17.2 Å². The number of thiazole rings is 1. The number of carbonyl (C=O) groups excluding carboxylic acids is 1. The van der Waals surface area contributed by atoms with Crippen LogP contribution in [0, 0.1) is 0 Å². The number of amides is 1. The van der Waals surface area contributed by atoms with Crippen LogP contribution in [-0.4, -0.2) is 50.2 Å². The zero-order valence-corrected chi connectivity index (χ0v) is 16.0. The molecule has 0 unspecified atom stereocenters. The fraction of sp³-hybridized carbons (Fsp3) is 0.444. The van der Waals surface area contributed by atoms with Gasteiger partial charge in [0.2, 0.25) is 5.75 Å². The monoisotopic (exact) mass is 377 g/mol. The van der Waals surface area contributed by atoms with Crippen LogP contribution in [0.1, 0.15) is 28.9 Å². The predicted molar refractivity (Wildman–Crippen MR) is 101 cm³/mol. The van der Waals surface area contributed by atoms with Gasteiger partial charge in [0, 0.05) is 17.5 Å². The molecule has 1 aliphatic rings. The molecule has 0 radical (unpaired) electrons. The lowest BCUT2D eigenvalue weighted by Gasteiger charge is -2.13. The highest BCUT2D eigenvalue weighted by Crippen LogP contribution is 2.38. The third kappa shape index (κ3) is 4.08. The zero-order valence-electron chi connectivity index (χ0n) is 15.2. The number of hydrogen-bond donors (Lipinski definition) is 1. The molecule has 140 valence electrons. The standard InChI is InChI=1S/C18H23N3O4S/c1-23-14-8-12(9-15(24-2)16(14)25-3)17(22)20-18-19-13(11-26-18)10-21-6-4-5-7-21/h8-9,11H,4-7,10H2,1-3H3,(H,19,20,22). The minimum Gasteiger partial charge on any atom is -0.493 e. The first-order valence-electron chi connectivity index (χ1n) is 8.42. The second-order valence-corrected chi connectivity index (χ2v) is 6.85. The Balaban J connectivity index is 1.72. The van der Waals surface area contributed by atoms with Crippen molar-refractivity contribution in [1.29, 1.82) is 0 Å². The number of benzene rings is 1. The van der Waals surface area contributed by atoms with Crippen LogP contribution >= 0.6 is 11.3 Å². The normalized spacial score (nSPS) is 14.3. The highest BCUT2D eigenvalue weighted by molar-refractivity contribution is 7.13. The van der Waals surface area contributed by atoms with Crippen molar-refractivity contribution in [3.63, 3.8) is 0 Å². The van der Waals surface area contributed by atoms with E-state index in [0.717, 1.165) is 25.3 Å². The molecule has 3 rings (SSSR count). The molecule has 1 saturated heterocycles. The molecule has 1 aromatic heterocycles. The van der Waals surface area contributed by atoms with Crippen molar-refractivity contribution < 1.29 is 19.0 Å². The zero-order chi connectivity index (χ0) is 18.5. The van der Waals surface area contributed by atoms with Crippen molar-refractivity contribution in [3.05, 3.63) is 28.8 Å². The molecule has 0 bridgehead atoms. The van der Waals surface area contributed by atoms with Gasteiger partial charge >= 0.3 is 0 Å². The predicted octanol–water partition coefficient (Wildman–Crippen LogP) is 3.02. The highest BCUT2D eigenvalue weighted by atomic mass is 32.1. The number of hydrogen-bond acceptors (Lipinski definition) is 7. The average Bonchev–Trinajstić information content (AvgIpc) is 3.32. The fourth-order valence-electron chi connectivity index (χ4n) is 2.99. The SMILES string of the molecule is COc1cc(C(=O)Nc2nc(CN3CCCC3)cs2)cc(OC)c1OC. The molecule has 0 spiro atoms. The highest BCUT2D eigenvalue weighted by Gasteiger charge is 2.18. The van der Waals surface area contributed by atoms with Crippen molar-refractivity contribution in [2.45, 2.75) is 19.4 Å². The van der Waals surface area contributed by atoms with E-state index < -0.39 is 0 Å². The Labute approximate surface area is 156 Å². The van der Waals surface area contributed by atoms with Crippen molar-refractivity contribution >= 4 is 22.4 Å². The summed E-state index contributed by atoms with van der Waals surface area (Å²) in [5, 5.41) is 5.41. The number of methoxy groups -OCH3 is 3. The van der Waals surface area contributed by atoms with Gasteiger partial charge in [-0.2, -0.15) is 0 Å². The Hall–Kier alpha value is -2.32. The van der Waals surface area contributed by atoms with Gasteiger partial charge in [0.25, 0.3) is 5.91 Å². The van der Waals surface area contributed by atoms with Gasteiger partial charge in [-0.05, 0) is 38.1 Å². The van der Waals surface area contributed by atoms with Crippen LogP contribution in [-0.2, 0) is 6.54 Å². The fourth-order valence-corrected chi connectivity index (χ4v) is 3.68. The van der Waals surface area contributed by atoms with E-state index in [-0.39, 0.29) is 5.91 Å². The molecular weight excluding hydrogens is 354 g/mol. The number of nitrogens with one attached hydrogen (secondary N) is 1. The largest absolute Gasteiger partial charge is 0.493 e. The van der Waals surface area contributed by atoms with Gasteiger partial charge in [0.15, 0.2) is 16.6 Å². The smallest absolute Gasteiger partial charge is 0.257 e. The number of carbonyl (C=O) groups is 1. The van der Waals surface area contributed by atoms with Gasteiger partial charge in [-0.25, -0.2) is 4.98 Å². The first kappa shape index (κ1) is 18.5. The maximum atomic E-state index is 12.6. The number of likely N-dealkylation sites (tertiary alicyclic amines) is 1. The second-order valence-electron chi connectivity index (χ2n) is 6.00. The Morgan fingerprint density at radius 2 is 1.81 bits per heavy atom. The van der Waals surface area contributed by atoms with E-state index in [1.165, 1.54) is 45.5 Å². The molecular formula is C18H23N3O4S. The number of rotatable bonds is 7. The molecule has 1 amide bonds.